The number of ether oxygens (including phenoxy) is 1. The molecular weight excluding hydrogens is 492 g/mol. The zero-order valence-corrected chi connectivity index (χ0v) is 22.8. The average Bonchev–Trinajstić information content (AvgIpc) is 3.13. The number of ketones is 1. The number of esters is 1. The molecule has 0 spiro atoms. The van der Waals surface area contributed by atoms with Gasteiger partial charge in [-0.1, -0.05) is 20.8 Å². The Balaban J connectivity index is 1.43. The van der Waals surface area contributed by atoms with E-state index in [1.807, 2.05) is 13.8 Å². The highest BCUT2D eigenvalue weighted by molar-refractivity contribution is 5.95. The lowest BCUT2D eigenvalue weighted by Crippen LogP contribution is -2.63. The van der Waals surface area contributed by atoms with Gasteiger partial charge in [0.15, 0.2) is 5.78 Å². The number of carbonyl (C=O) groups excluding carboxylic acids is 2. The van der Waals surface area contributed by atoms with Crippen LogP contribution in [0.25, 0.3) is 0 Å². The Kier molecular flexibility index (Phi) is 6.73. The van der Waals surface area contributed by atoms with Crippen LogP contribution in [0.2, 0.25) is 0 Å². The Morgan fingerprint density at radius 2 is 1.76 bits per heavy atom. The summed E-state index contributed by atoms with van der Waals surface area (Å²) >= 11 is 0. The maximum Gasteiger partial charge on any atom is 0.309 e. The number of rotatable bonds is 4. The molecule has 214 valence electrons. The molecule has 3 saturated carbocycles. The fourth-order valence-corrected chi connectivity index (χ4v) is 9.33. The van der Waals surface area contributed by atoms with E-state index in [1.54, 1.807) is 19.9 Å². The second-order valence-electron chi connectivity index (χ2n) is 13.7. The van der Waals surface area contributed by atoms with E-state index in [4.69, 9.17) is 4.74 Å². The van der Waals surface area contributed by atoms with E-state index in [1.165, 1.54) is 0 Å². The van der Waals surface area contributed by atoms with Crippen LogP contribution in [0.4, 0.5) is 0 Å². The van der Waals surface area contributed by atoms with Gasteiger partial charge in [0.2, 0.25) is 0 Å². The lowest BCUT2D eigenvalue weighted by molar-refractivity contribution is -0.186. The van der Waals surface area contributed by atoms with E-state index >= 15 is 0 Å². The van der Waals surface area contributed by atoms with Crippen molar-refractivity contribution in [1.29, 1.82) is 0 Å². The molecule has 1 aliphatic heterocycles. The average molecular weight is 537 g/mol. The highest BCUT2D eigenvalue weighted by Crippen LogP contribution is 2.68. The first-order valence-corrected chi connectivity index (χ1v) is 14.2. The number of allylic oxidation sites excluding steroid dienone is 1. The molecular formula is C29H44O9. The number of aliphatic hydroxyl groups excluding tert-OH is 4. The maximum atomic E-state index is 13.3. The summed E-state index contributed by atoms with van der Waals surface area (Å²) in [7, 11) is 0. The van der Waals surface area contributed by atoms with E-state index in [0.29, 0.717) is 31.3 Å². The largest absolute Gasteiger partial charge is 0.463 e. The molecule has 13 atom stereocenters. The summed E-state index contributed by atoms with van der Waals surface area (Å²) < 4.78 is 4.99. The van der Waals surface area contributed by atoms with Crippen molar-refractivity contribution in [3.05, 3.63) is 11.6 Å². The standard InChI is InChI=1S/C29H44O9/c1-14-15(22(33)13-38-25(14)35)9-24(34)28(4,36)23-6-8-29(37)17-10-19(30)18-11-20(31)21(32)12-26(18,2)16(17)5-7-27(23,29)3/h10,14-16,18,20-24,31-34,36-37H,5-9,11-13H2,1-4H3/t14-,15-,16-,18-,20+,21-,22-,23-,24+,26+,27+,28+,29+/m0/s1. The Morgan fingerprint density at radius 3 is 2.45 bits per heavy atom. The number of cyclic esters (lactones) is 1. The molecule has 5 aliphatic rings. The van der Waals surface area contributed by atoms with Crippen LogP contribution in [0.15, 0.2) is 11.6 Å². The van der Waals surface area contributed by atoms with Crippen LogP contribution in [-0.4, -0.2) is 84.6 Å². The van der Waals surface area contributed by atoms with E-state index in [0.717, 1.165) is 0 Å². The monoisotopic (exact) mass is 536 g/mol. The van der Waals surface area contributed by atoms with Crippen molar-refractivity contribution in [2.45, 2.75) is 108 Å². The maximum absolute atomic E-state index is 13.3. The Labute approximate surface area is 223 Å². The summed E-state index contributed by atoms with van der Waals surface area (Å²) in [6.45, 7) is 6.99. The van der Waals surface area contributed by atoms with Gasteiger partial charge < -0.3 is 35.4 Å². The zero-order valence-electron chi connectivity index (χ0n) is 22.8. The van der Waals surface area contributed by atoms with Gasteiger partial charge in [-0.05, 0) is 80.8 Å². The van der Waals surface area contributed by atoms with E-state index in [-0.39, 0.29) is 37.6 Å². The van der Waals surface area contributed by atoms with Gasteiger partial charge in [-0.3, -0.25) is 9.59 Å². The first-order chi connectivity index (χ1) is 17.6. The van der Waals surface area contributed by atoms with Gasteiger partial charge in [0.05, 0.1) is 41.5 Å². The molecule has 9 nitrogen and oxygen atoms in total. The molecule has 9 heteroatoms. The first-order valence-electron chi connectivity index (χ1n) is 14.2. The second kappa shape index (κ2) is 9.08. The Bertz CT molecular complexity index is 1020. The van der Waals surface area contributed by atoms with Gasteiger partial charge in [0, 0.05) is 17.3 Å². The van der Waals surface area contributed by atoms with Gasteiger partial charge in [-0.15, -0.1) is 0 Å². The molecule has 4 aliphatic carbocycles. The third-order valence-corrected chi connectivity index (χ3v) is 11.9. The summed E-state index contributed by atoms with van der Waals surface area (Å²) in [5, 5.41) is 66.7. The molecule has 0 amide bonds. The van der Waals surface area contributed by atoms with E-state index in [2.05, 4.69) is 0 Å². The Morgan fingerprint density at radius 1 is 1.08 bits per heavy atom. The van der Waals surface area contributed by atoms with Crippen molar-refractivity contribution in [2.75, 3.05) is 6.61 Å². The van der Waals surface area contributed by atoms with Crippen LogP contribution in [0.1, 0.15) is 72.6 Å². The van der Waals surface area contributed by atoms with Gasteiger partial charge in [0.25, 0.3) is 0 Å². The predicted octanol–water partition coefficient (Wildman–Crippen LogP) is 0.863. The highest BCUT2D eigenvalue weighted by Gasteiger charge is 2.69. The van der Waals surface area contributed by atoms with Crippen molar-refractivity contribution in [2.24, 2.45) is 40.4 Å². The highest BCUT2D eigenvalue weighted by atomic mass is 16.5. The van der Waals surface area contributed by atoms with Crippen LogP contribution in [0.5, 0.6) is 0 Å². The smallest absolute Gasteiger partial charge is 0.309 e. The van der Waals surface area contributed by atoms with Crippen molar-refractivity contribution in [3.63, 3.8) is 0 Å². The quantitative estimate of drug-likeness (QED) is 0.286. The van der Waals surface area contributed by atoms with E-state index < -0.39 is 76.1 Å². The van der Waals surface area contributed by atoms with Crippen LogP contribution < -0.4 is 0 Å². The third-order valence-electron chi connectivity index (χ3n) is 11.9. The third kappa shape index (κ3) is 3.79. The summed E-state index contributed by atoms with van der Waals surface area (Å²) in [5.74, 6) is -2.81. The molecule has 5 rings (SSSR count). The normalized spacial score (nSPS) is 51.2. The molecule has 0 bridgehead atoms. The molecule has 0 aromatic rings. The SMILES string of the molecule is C[C@@H]1C(=O)OC[C@H](O)[C@H]1C[C@@H](O)[C@](C)(O)[C@H]1CC[C@@]2(O)C3=CC(=O)[C@@H]4C[C@@H](O)[C@@H](O)C[C@]4(C)[C@H]3CC[C@]12C. The summed E-state index contributed by atoms with van der Waals surface area (Å²) in [6, 6.07) is 0. The lowest BCUT2D eigenvalue weighted by Gasteiger charge is -2.60. The molecule has 0 radical (unpaired) electrons. The second-order valence-corrected chi connectivity index (χ2v) is 13.7. The Hall–Kier alpha value is -1.36. The van der Waals surface area contributed by atoms with Crippen LogP contribution in [0.3, 0.4) is 0 Å². The van der Waals surface area contributed by atoms with Gasteiger partial charge in [-0.25, -0.2) is 0 Å². The lowest BCUT2D eigenvalue weighted by atomic mass is 9.45. The number of hydrogen-bond acceptors (Lipinski definition) is 9. The van der Waals surface area contributed by atoms with Crippen molar-refractivity contribution in [1.82, 2.24) is 0 Å². The predicted molar refractivity (Wildman–Crippen MR) is 135 cm³/mol. The summed E-state index contributed by atoms with van der Waals surface area (Å²) in [4.78, 5) is 25.4. The van der Waals surface area contributed by atoms with Crippen LogP contribution in [0, 0.1) is 40.4 Å². The first kappa shape index (κ1) is 28.2. The van der Waals surface area contributed by atoms with Crippen molar-refractivity contribution in [3.8, 4) is 0 Å². The summed E-state index contributed by atoms with van der Waals surface area (Å²) in [5.41, 5.74) is -3.74. The number of fused-ring (bicyclic) bond motifs is 5. The van der Waals surface area contributed by atoms with E-state index in [9.17, 15) is 40.2 Å². The molecule has 0 aromatic carbocycles. The van der Waals surface area contributed by atoms with Crippen molar-refractivity contribution >= 4 is 11.8 Å². The zero-order chi connectivity index (χ0) is 28.0. The summed E-state index contributed by atoms with van der Waals surface area (Å²) in [6.07, 6.45) is -0.0153. The molecule has 1 saturated heterocycles. The minimum absolute atomic E-state index is 0.0131. The minimum atomic E-state index is -1.62. The molecule has 6 N–H and O–H groups in total. The van der Waals surface area contributed by atoms with Gasteiger partial charge >= 0.3 is 5.97 Å². The number of hydrogen-bond donors (Lipinski definition) is 6. The fourth-order valence-electron chi connectivity index (χ4n) is 9.33. The molecule has 0 unspecified atom stereocenters. The minimum Gasteiger partial charge on any atom is -0.463 e. The number of aliphatic hydroxyl groups is 6. The molecule has 4 fully saturated rings. The topological polar surface area (TPSA) is 165 Å². The fraction of sp³-hybridized carbons (Fsp3) is 0.862. The van der Waals surface area contributed by atoms with Crippen molar-refractivity contribution < 1.29 is 45.0 Å². The van der Waals surface area contributed by atoms with Gasteiger partial charge in [-0.2, -0.15) is 0 Å². The molecule has 38 heavy (non-hydrogen) atoms. The van der Waals surface area contributed by atoms with Crippen LogP contribution >= 0.6 is 0 Å². The number of carbonyl (C=O) groups is 2. The molecule has 0 aromatic heterocycles. The van der Waals surface area contributed by atoms with Crippen LogP contribution in [-0.2, 0) is 14.3 Å². The molecule has 1 heterocycles. The van der Waals surface area contributed by atoms with Gasteiger partial charge in [0.1, 0.15) is 6.61 Å².